The van der Waals surface area contributed by atoms with Gasteiger partial charge in [-0.3, -0.25) is 4.79 Å². The third kappa shape index (κ3) is 4.40. The number of likely N-dealkylation sites (N-methyl/N-ethyl adjacent to an activating group) is 1. The number of hydrogen-bond acceptors (Lipinski definition) is 5. The Kier molecular flexibility index (Phi) is 5.88. The fourth-order valence-electron chi connectivity index (χ4n) is 3.16. The first-order valence-electron chi connectivity index (χ1n) is 9.06. The van der Waals surface area contributed by atoms with E-state index < -0.39 is 0 Å². The number of amides is 1. The van der Waals surface area contributed by atoms with Crippen molar-refractivity contribution < 1.29 is 9.53 Å². The molecule has 7 heteroatoms. The molecule has 0 aliphatic carbocycles. The van der Waals surface area contributed by atoms with Crippen molar-refractivity contribution in [1.29, 1.82) is 0 Å². The van der Waals surface area contributed by atoms with Crippen molar-refractivity contribution in [2.45, 2.75) is 25.8 Å². The Hall–Kier alpha value is -2.41. The molecule has 0 saturated carbocycles. The number of ether oxygens (including phenoxy) is 1. The van der Waals surface area contributed by atoms with Gasteiger partial charge in [-0.25, -0.2) is 0 Å². The summed E-state index contributed by atoms with van der Waals surface area (Å²) in [4.78, 5) is 16.7. The number of aromatic nitrogens is 3. The maximum atomic E-state index is 12.9. The molecule has 1 aliphatic heterocycles. The van der Waals surface area contributed by atoms with Gasteiger partial charge in [0.2, 0.25) is 5.91 Å². The summed E-state index contributed by atoms with van der Waals surface area (Å²) in [6.07, 6.45) is 4.18. The van der Waals surface area contributed by atoms with Crippen LogP contribution in [0, 0.1) is 5.92 Å². The monoisotopic (exact) mass is 357 g/mol. The lowest BCUT2D eigenvalue weighted by atomic mass is 9.98. The van der Waals surface area contributed by atoms with E-state index in [1.54, 1.807) is 11.2 Å². The highest BCUT2D eigenvalue weighted by molar-refractivity contribution is 5.94. The Morgan fingerprint density at radius 3 is 2.73 bits per heavy atom. The molecule has 1 unspecified atom stereocenters. The molecule has 1 aromatic heterocycles. The summed E-state index contributed by atoms with van der Waals surface area (Å²) in [7, 11) is 5.88. The zero-order valence-corrected chi connectivity index (χ0v) is 15.8. The number of hydrogen-bond donors (Lipinski definition) is 0. The molecule has 26 heavy (non-hydrogen) atoms. The van der Waals surface area contributed by atoms with Crippen molar-refractivity contribution in [2.75, 3.05) is 39.2 Å². The molecule has 0 bridgehead atoms. The van der Waals surface area contributed by atoms with E-state index in [4.69, 9.17) is 4.74 Å². The number of carbonyl (C=O) groups excluding carboxylic acids is 1. The largest absolute Gasteiger partial charge is 0.492 e. The van der Waals surface area contributed by atoms with Gasteiger partial charge in [0, 0.05) is 38.2 Å². The number of carbonyl (C=O) groups is 1. The Labute approximate surface area is 154 Å². The standard InChI is InChI=1S/C19H27N5O2/c1-22(2)12-13-26-17-7-5-16(6-8-17)23(3)19(25)15-4-9-18-21-20-14-24(18)11-10-15/h5-8,14-15H,4,9-13H2,1-3H3. The SMILES string of the molecule is CN(C)CCOc1ccc(N(C)C(=O)C2CCc3nncn3CC2)cc1. The summed E-state index contributed by atoms with van der Waals surface area (Å²) in [6, 6.07) is 7.72. The van der Waals surface area contributed by atoms with Gasteiger partial charge in [-0.1, -0.05) is 0 Å². The summed E-state index contributed by atoms with van der Waals surface area (Å²) < 4.78 is 7.76. The van der Waals surface area contributed by atoms with Gasteiger partial charge in [-0.05, 0) is 51.2 Å². The molecule has 3 rings (SSSR count). The van der Waals surface area contributed by atoms with Gasteiger partial charge < -0.3 is 19.1 Å². The smallest absolute Gasteiger partial charge is 0.229 e. The maximum Gasteiger partial charge on any atom is 0.229 e. The summed E-state index contributed by atoms with van der Waals surface area (Å²) in [5.74, 6) is 1.97. The Morgan fingerprint density at radius 1 is 1.23 bits per heavy atom. The van der Waals surface area contributed by atoms with Crippen LogP contribution in [0.4, 0.5) is 5.69 Å². The normalized spacial score (nSPS) is 16.8. The molecular weight excluding hydrogens is 330 g/mol. The molecule has 0 spiro atoms. The van der Waals surface area contributed by atoms with Crippen molar-refractivity contribution in [3.8, 4) is 5.75 Å². The van der Waals surface area contributed by atoms with Crippen molar-refractivity contribution in [3.63, 3.8) is 0 Å². The van der Waals surface area contributed by atoms with E-state index in [2.05, 4.69) is 15.1 Å². The Balaban J connectivity index is 1.57. The number of nitrogens with zero attached hydrogens (tertiary/aromatic N) is 5. The number of aryl methyl sites for hydroxylation is 2. The molecular formula is C19H27N5O2. The van der Waals surface area contributed by atoms with Gasteiger partial charge in [0.05, 0.1) is 0 Å². The predicted octanol–water partition coefficient (Wildman–Crippen LogP) is 1.83. The first kappa shape index (κ1) is 18.4. The highest BCUT2D eigenvalue weighted by atomic mass is 16.5. The van der Waals surface area contributed by atoms with Gasteiger partial charge in [0.15, 0.2) is 0 Å². The minimum atomic E-state index is 0.0118. The van der Waals surface area contributed by atoms with E-state index in [1.165, 1.54) is 0 Å². The molecule has 0 saturated heterocycles. The number of rotatable bonds is 6. The molecule has 0 fully saturated rings. The van der Waals surface area contributed by atoms with Gasteiger partial charge in [-0.2, -0.15) is 0 Å². The zero-order valence-electron chi connectivity index (χ0n) is 15.8. The van der Waals surface area contributed by atoms with Crippen LogP contribution >= 0.6 is 0 Å². The molecule has 2 aromatic rings. The highest BCUT2D eigenvalue weighted by Gasteiger charge is 2.26. The van der Waals surface area contributed by atoms with Crippen LogP contribution < -0.4 is 9.64 Å². The first-order chi connectivity index (χ1) is 12.5. The first-order valence-corrected chi connectivity index (χ1v) is 9.06. The van der Waals surface area contributed by atoms with Crippen molar-refractivity contribution in [2.24, 2.45) is 5.92 Å². The van der Waals surface area contributed by atoms with Gasteiger partial charge in [0.25, 0.3) is 0 Å². The second-order valence-electron chi connectivity index (χ2n) is 7.01. The predicted molar refractivity (Wildman–Crippen MR) is 100 cm³/mol. The van der Waals surface area contributed by atoms with E-state index in [0.29, 0.717) is 6.61 Å². The van der Waals surface area contributed by atoms with Crippen molar-refractivity contribution >= 4 is 11.6 Å². The summed E-state index contributed by atoms with van der Waals surface area (Å²) in [6.45, 7) is 2.31. The second kappa shape index (κ2) is 8.31. The van der Waals surface area contributed by atoms with E-state index in [1.807, 2.05) is 50.0 Å². The van der Waals surface area contributed by atoms with Gasteiger partial charge in [-0.15, -0.1) is 10.2 Å². The summed E-state index contributed by atoms with van der Waals surface area (Å²) in [5, 5.41) is 8.07. The quantitative estimate of drug-likeness (QED) is 0.789. The molecule has 1 atom stereocenters. The molecule has 140 valence electrons. The van der Waals surface area contributed by atoms with Crippen LogP contribution in [0.1, 0.15) is 18.7 Å². The fraction of sp³-hybridized carbons (Fsp3) is 0.526. The number of anilines is 1. The lowest BCUT2D eigenvalue weighted by Gasteiger charge is -2.23. The third-order valence-corrected chi connectivity index (χ3v) is 4.84. The summed E-state index contributed by atoms with van der Waals surface area (Å²) >= 11 is 0. The molecule has 0 N–H and O–H groups in total. The molecule has 1 aliphatic rings. The fourth-order valence-corrected chi connectivity index (χ4v) is 3.16. The minimum absolute atomic E-state index is 0.0118. The highest BCUT2D eigenvalue weighted by Crippen LogP contribution is 2.24. The van der Waals surface area contributed by atoms with E-state index >= 15 is 0 Å². The average molecular weight is 357 g/mol. The molecule has 1 aromatic carbocycles. The molecule has 2 heterocycles. The van der Waals surface area contributed by atoms with Crippen LogP contribution in [0.25, 0.3) is 0 Å². The maximum absolute atomic E-state index is 12.9. The average Bonchev–Trinajstić information content (AvgIpc) is 2.99. The van der Waals surface area contributed by atoms with E-state index in [-0.39, 0.29) is 11.8 Å². The van der Waals surface area contributed by atoms with Crippen LogP contribution in [0.5, 0.6) is 5.75 Å². The van der Waals surface area contributed by atoms with E-state index in [0.717, 1.165) is 49.6 Å². The topological polar surface area (TPSA) is 63.5 Å². The van der Waals surface area contributed by atoms with Crippen LogP contribution in [0.3, 0.4) is 0 Å². The van der Waals surface area contributed by atoms with Gasteiger partial charge in [0.1, 0.15) is 24.5 Å². The Bertz CT molecular complexity index is 703. The van der Waals surface area contributed by atoms with Crippen molar-refractivity contribution in [3.05, 3.63) is 36.4 Å². The second-order valence-corrected chi connectivity index (χ2v) is 7.01. The van der Waals surface area contributed by atoms with Crippen LogP contribution in [0.2, 0.25) is 0 Å². The lowest BCUT2D eigenvalue weighted by Crippen LogP contribution is -2.33. The van der Waals surface area contributed by atoms with Crippen LogP contribution in [0.15, 0.2) is 30.6 Å². The Morgan fingerprint density at radius 2 is 2.00 bits per heavy atom. The third-order valence-electron chi connectivity index (χ3n) is 4.84. The minimum Gasteiger partial charge on any atom is -0.492 e. The lowest BCUT2D eigenvalue weighted by molar-refractivity contribution is -0.122. The van der Waals surface area contributed by atoms with Gasteiger partial charge >= 0.3 is 0 Å². The number of fused-ring (bicyclic) bond motifs is 1. The molecule has 0 radical (unpaired) electrons. The molecule has 1 amide bonds. The number of benzene rings is 1. The summed E-state index contributed by atoms with van der Waals surface area (Å²) in [5.41, 5.74) is 0.888. The molecule has 7 nitrogen and oxygen atoms in total. The van der Waals surface area contributed by atoms with Crippen LogP contribution in [-0.2, 0) is 17.8 Å². The van der Waals surface area contributed by atoms with Crippen LogP contribution in [-0.4, -0.2) is 59.9 Å². The van der Waals surface area contributed by atoms with Crippen molar-refractivity contribution in [1.82, 2.24) is 19.7 Å². The zero-order chi connectivity index (χ0) is 18.5. The van der Waals surface area contributed by atoms with E-state index in [9.17, 15) is 4.79 Å².